The number of ether oxygens (including phenoxy) is 1. The molecule has 5 heteroatoms. The number of aldehydes is 1. The van der Waals surface area contributed by atoms with E-state index in [4.69, 9.17) is 4.74 Å². The van der Waals surface area contributed by atoms with Crippen LogP contribution in [0.2, 0.25) is 0 Å². The summed E-state index contributed by atoms with van der Waals surface area (Å²) < 4.78 is 6.01. The summed E-state index contributed by atoms with van der Waals surface area (Å²) in [6, 6.07) is 19.7. The van der Waals surface area contributed by atoms with Crippen molar-refractivity contribution in [1.82, 2.24) is 10.2 Å². The molecule has 202 valence electrons. The first-order valence-corrected chi connectivity index (χ1v) is 13.9. The van der Waals surface area contributed by atoms with Gasteiger partial charge in [0.1, 0.15) is 18.6 Å². The summed E-state index contributed by atoms with van der Waals surface area (Å²) in [4.78, 5) is 16.6. The van der Waals surface area contributed by atoms with Crippen LogP contribution in [0.3, 0.4) is 0 Å². The molecule has 1 aliphatic heterocycles. The quantitative estimate of drug-likeness (QED) is 0.248. The highest BCUT2D eigenvalue weighted by molar-refractivity contribution is 5.57. The Labute approximate surface area is 224 Å². The van der Waals surface area contributed by atoms with E-state index in [1.165, 1.54) is 16.8 Å². The summed E-state index contributed by atoms with van der Waals surface area (Å²) in [5, 5.41) is 3.37. The lowest BCUT2D eigenvalue weighted by Crippen LogP contribution is -2.46. The van der Waals surface area contributed by atoms with Crippen LogP contribution in [0.25, 0.3) is 0 Å². The standard InChI is InChI=1S/C32H47N3O2/c1-25(2)15-20-35(30-11-13-32(14-12-30)37-24-28-9-7-6-8-10-28)31-16-18-34(19-17-31)22-27(5)21-29(23-36)33-26(3)4/h6-15,23,26-27,29,31,33H,16-22,24H2,1-5H3. The molecule has 2 unspecified atom stereocenters. The number of benzene rings is 2. The summed E-state index contributed by atoms with van der Waals surface area (Å²) >= 11 is 0. The fourth-order valence-corrected chi connectivity index (χ4v) is 5.17. The van der Waals surface area contributed by atoms with Gasteiger partial charge in [-0.3, -0.25) is 0 Å². The second-order valence-electron chi connectivity index (χ2n) is 11.1. The van der Waals surface area contributed by atoms with E-state index in [1.54, 1.807) is 0 Å². The zero-order chi connectivity index (χ0) is 26.6. The maximum absolute atomic E-state index is 11.5. The third kappa shape index (κ3) is 9.98. The Balaban J connectivity index is 1.56. The van der Waals surface area contributed by atoms with E-state index < -0.39 is 0 Å². The molecule has 1 heterocycles. The number of likely N-dealkylation sites (tertiary alicyclic amines) is 1. The maximum atomic E-state index is 11.5. The number of allylic oxidation sites excluding steroid dienone is 1. The molecular formula is C32H47N3O2. The van der Waals surface area contributed by atoms with Crippen LogP contribution in [0.5, 0.6) is 5.75 Å². The van der Waals surface area contributed by atoms with Crippen LogP contribution in [0.15, 0.2) is 66.2 Å². The lowest BCUT2D eigenvalue weighted by molar-refractivity contribution is -0.110. The molecule has 37 heavy (non-hydrogen) atoms. The van der Waals surface area contributed by atoms with Crippen LogP contribution in [-0.2, 0) is 11.4 Å². The third-order valence-electron chi connectivity index (χ3n) is 7.05. The molecule has 2 atom stereocenters. The van der Waals surface area contributed by atoms with Crippen LogP contribution in [-0.4, -0.2) is 55.5 Å². The van der Waals surface area contributed by atoms with Gasteiger partial charge < -0.3 is 24.6 Å². The van der Waals surface area contributed by atoms with E-state index in [9.17, 15) is 4.79 Å². The summed E-state index contributed by atoms with van der Waals surface area (Å²) in [6.45, 7) is 15.6. The number of rotatable bonds is 14. The second kappa shape index (κ2) is 14.9. The Morgan fingerprint density at radius 1 is 1.05 bits per heavy atom. The minimum atomic E-state index is -0.0493. The van der Waals surface area contributed by atoms with Crippen molar-refractivity contribution >= 4 is 12.0 Å². The second-order valence-corrected chi connectivity index (χ2v) is 11.1. The molecule has 0 radical (unpaired) electrons. The Morgan fingerprint density at radius 3 is 2.32 bits per heavy atom. The smallest absolute Gasteiger partial charge is 0.136 e. The van der Waals surface area contributed by atoms with E-state index in [1.807, 2.05) is 18.2 Å². The van der Waals surface area contributed by atoms with Crippen molar-refractivity contribution in [2.24, 2.45) is 5.92 Å². The SMILES string of the molecule is CC(C)=CCN(c1ccc(OCc2ccccc2)cc1)C1CCN(CC(C)CC(C=O)NC(C)C)CC1. The average Bonchev–Trinajstić information content (AvgIpc) is 2.89. The molecule has 2 aromatic carbocycles. The maximum Gasteiger partial charge on any atom is 0.136 e. The number of carbonyl (C=O) groups is 1. The van der Waals surface area contributed by atoms with Crippen molar-refractivity contribution in [3.63, 3.8) is 0 Å². The van der Waals surface area contributed by atoms with Gasteiger partial charge in [0.25, 0.3) is 0 Å². The van der Waals surface area contributed by atoms with E-state index in [2.05, 4.69) is 92.2 Å². The number of hydrogen-bond donors (Lipinski definition) is 1. The van der Waals surface area contributed by atoms with Crippen molar-refractivity contribution in [2.75, 3.05) is 31.1 Å². The zero-order valence-electron chi connectivity index (χ0n) is 23.5. The fourth-order valence-electron chi connectivity index (χ4n) is 5.17. The van der Waals surface area contributed by atoms with Crippen molar-refractivity contribution < 1.29 is 9.53 Å². The van der Waals surface area contributed by atoms with Crippen LogP contribution >= 0.6 is 0 Å². The summed E-state index contributed by atoms with van der Waals surface area (Å²) in [5.74, 6) is 1.39. The molecule has 0 aromatic heterocycles. The van der Waals surface area contributed by atoms with Gasteiger partial charge in [0.2, 0.25) is 0 Å². The van der Waals surface area contributed by atoms with Crippen molar-refractivity contribution in [2.45, 2.75) is 78.6 Å². The number of nitrogens with one attached hydrogen (secondary N) is 1. The summed E-state index contributed by atoms with van der Waals surface area (Å²) in [6.07, 6.45) is 6.60. The molecular weight excluding hydrogens is 458 g/mol. The van der Waals surface area contributed by atoms with Gasteiger partial charge in [-0.05, 0) is 68.9 Å². The Hall–Kier alpha value is -2.63. The van der Waals surface area contributed by atoms with Crippen molar-refractivity contribution in [3.05, 3.63) is 71.8 Å². The van der Waals surface area contributed by atoms with Gasteiger partial charge in [0.05, 0.1) is 6.04 Å². The topological polar surface area (TPSA) is 44.8 Å². The normalized spacial score (nSPS) is 16.3. The van der Waals surface area contributed by atoms with Gasteiger partial charge in [0.15, 0.2) is 0 Å². The minimum Gasteiger partial charge on any atom is -0.489 e. The molecule has 1 N–H and O–H groups in total. The first-order valence-electron chi connectivity index (χ1n) is 13.9. The summed E-state index contributed by atoms with van der Waals surface area (Å²) in [5.41, 5.74) is 3.78. The van der Waals surface area contributed by atoms with Crippen LogP contribution in [0.4, 0.5) is 5.69 Å². The first-order chi connectivity index (χ1) is 17.8. The molecule has 0 bridgehead atoms. The van der Waals surface area contributed by atoms with Gasteiger partial charge in [-0.1, -0.05) is 62.8 Å². The van der Waals surface area contributed by atoms with Crippen LogP contribution < -0.4 is 15.0 Å². The van der Waals surface area contributed by atoms with Gasteiger partial charge in [-0.2, -0.15) is 0 Å². The molecule has 2 aromatic rings. The van der Waals surface area contributed by atoms with Gasteiger partial charge in [-0.25, -0.2) is 0 Å². The van der Waals surface area contributed by atoms with E-state index in [0.717, 1.165) is 57.5 Å². The first kappa shape index (κ1) is 28.9. The highest BCUT2D eigenvalue weighted by atomic mass is 16.5. The molecule has 1 saturated heterocycles. The molecule has 0 saturated carbocycles. The molecule has 5 nitrogen and oxygen atoms in total. The fraction of sp³-hybridized carbons (Fsp3) is 0.531. The minimum absolute atomic E-state index is 0.0493. The number of hydrogen-bond acceptors (Lipinski definition) is 5. The van der Waals surface area contributed by atoms with E-state index >= 15 is 0 Å². The number of nitrogens with zero attached hydrogens (tertiary/aromatic N) is 2. The molecule has 1 fully saturated rings. The molecule has 3 rings (SSSR count). The largest absolute Gasteiger partial charge is 0.489 e. The Bertz CT molecular complexity index is 946. The average molecular weight is 506 g/mol. The van der Waals surface area contributed by atoms with E-state index in [0.29, 0.717) is 24.6 Å². The summed E-state index contributed by atoms with van der Waals surface area (Å²) in [7, 11) is 0. The number of anilines is 1. The van der Waals surface area contributed by atoms with Crippen molar-refractivity contribution in [1.29, 1.82) is 0 Å². The predicted molar refractivity (Wildman–Crippen MR) is 155 cm³/mol. The van der Waals surface area contributed by atoms with Crippen LogP contribution in [0.1, 0.15) is 59.4 Å². The number of piperidine rings is 1. The predicted octanol–water partition coefficient (Wildman–Crippen LogP) is 6.09. The Morgan fingerprint density at radius 2 is 1.73 bits per heavy atom. The van der Waals surface area contributed by atoms with Gasteiger partial charge in [0, 0.05) is 44.0 Å². The lowest BCUT2D eigenvalue weighted by atomic mass is 9.97. The van der Waals surface area contributed by atoms with Gasteiger partial charge >= 0.3 is 0 Å². The molecule has 0 amide bonds. The highest BCUT2D eigenvalue weighted by Crippen LogP contribution is 2.27. The molecule has 0 spiro atoms. The van der Waals surface area contributed by atoms with Gasteiger partial charge in [-0.15, -0.1) is 0 Å². The van der Waals surface area contributed by atoms with E-state index in [-0.39, 0.29) is 6.04 Å². The molecule has 0 aliphatic carbocycles. The monoisotopic (exact) mass is 505 g/mol. The Kier molecular flexibility index (Phi) is 11.7. The van der Waals surface area contributed by atoms with Crippen molar-refractivity contribution in [3.8, 4) is 5.75 Å². The van der Waals surface area contributed by atoms with Crippen LogP contribution in [0, 0.1) is 5.92 Å². The molecule has 1 aliphatic rings. The zero-order valence-corrected chi connectivity index (χ0v) is 23.5. The third-order valence-corrected chi connectivity index (χ3v) is 7.05. The number of carbonyl (C=O) groups excluding carboxylic acids is 1. The lowest BCUT2D eigenvalue weighted by Gasteiger charge is -2.40. The highest BCUT2D eigenvalue weighted by Gasteiger charge is 2.26.